The molecule has 0 spiro atoms. The van der Waals surface area contributed by atoms with Gasteiger partial charge in [-0.15, -0.1) is 0 Å². The number of carbonyl (C=O) groups excluding carboxylic acids is 1. The Morgan fingerprint density at radius 3 is 2.41 bits per heavy atom. The van der Waals surface area contributed by atoms with Crippen LogP contribution in [0, 0.1) is 6.92 Å². The first-order valence-corrected chi connectivity index (χ1v) is 9.23. The van der Waals surface area contributed by atoms with E-state index in [4.69, 9.17) is 4.74 Å². The van der Waals surface area contributed by atoms with E-state index in [1.54, 1.807) is 31.2 Å². The Morgan fingerprint density at radius 2 is 1.86 bits per heavy atom. The van der Waals surface area contributed by atoms with Gasteiger partial charge in [-0.1, -0.05) is 33.6 Å². The van der Waals surface area contributed by atoms with E-state index in [9.17, 15) is 13.2 Å². The number of halogens is 1. The molecule has 0 aliphatic heterocycles. The third-order valence-electron chi connectivity index (χ3n) is 3.15. The van der Waals surface area contributed by atoms with Gasteiger partial charge in [-0.2, -0.15) is 0 Å². The first kappa shape index (κ1) is 16.8. The molecule has 0 radical (unpaired) electrons. The van der Waals surface area contributed by atoms with Crippen LogP contribution >= 0.6 is 15.9 Å². The van der Waals surface area contributed by atoms with Crippen LogP contribution in [0.3, 0.4) is 0 Å². The van der Waals surface area contributed by atoms with Crippen LogP contribution < -0.4 is 0 Å². The molecule has 0 amide bonds. The zero-order chi connectivity index (χ0) is 16.3. The maximum atomic E-state index is 12.7. The summed E-state index contributed by atoms with van der Waals surface area (Å²) < 4.78 is 31.5. The molecule has 0 aliphatic rings. The summed E-state index contributed by atoms with van der Waals surface area (Å²) in [5.41, 5.74) is 1.56. The van der Waals surface area contributed by atoms with Crippen LogP contribution in [0.1, 0.15) is 28.5 Å². The molecule has 1 heterocycles. The van der Waals surface area contributed by atoms with Gasteiger partial charge in [0.2, 0.25) is 0 Å². The molecule has 0 unspecified atom stereocenters. The van der Waals surface area contributed by atoms with E-state index < -0.39 is 16.0 Å². The molecule has 0 N–H and O–H groups in total. The van der Waals surface area contributed by atoms with Gasteiger partial charge in [-0.05, 0) is 32.0 Å². The molecule has 0 atom stereocenters. The van der Waals surface area contributed by atoms with E-state index in [-0.39, 0.29) is 22.4 Å². The van der Waals surface area contributed by atoms with E-state index in [0.29, 0.717) is 5.69 Å². The molecule has 118 valence electrons. The summed E-state index contributed by atoms with van der Waals surface area (Å²) in [5.74, 6) is -0.533. The predicted octanol–water partition coefficient (Wildman–Crippen LogP) is 3.11. The smallest absolute Gasteiger partial charge is 0.340 e. The summed E-state index contributed by atoms with van der Waals surface area (Å²) in [7, 11) is -3.75. The van der Waals surface area contributed by atoms with E-state index in [1.165, 1.54) is 12.3 Å². The lowest BCUT2D eigenvalue weighted by atomic mass is 10.2. The summed E-state index contributed by atoms with van der Waals surface area (Å²) >= 11 is 3.24. The van der Waals surface area contributed by atoms with Gasteiger partial charge in [-0.25, -0.2) is 17.2 Å². The largest absolute Gasteiger partial charge is 0.462 e. The monoisotopic (exact) mass is 385 g/mol. The van der Waals surface area contributed by atoms with Crippen LogP contribution in [0.25, 0.3) is 0 Å². The van der Waals surface area contributed by atoms with E-state index in [2.05, 4.69) is 15.9 Å². The molecular weight excluding hydrogens is 370 g/mol. The van der Waals surface area contributed by atoms with Crippen molar-refractivity contribution >= 4 is 31.9 Å². The van der Waals surface area contributed by atoms with Gasteiger partial charge in [-0.3, -0.25) is 0 Å². The number of ether oxygens (including phenoxy) is 1. The normalized spacial score (nSPS) is 11.4. The zero-order valence-electron chi connectivity index (χ0n) is 12.2. The van der Waals surface area contributed by atoms with Crippen LogP contribution in [-0.4, -0.2) is 25.0 Å². The van der Waals surface area contributed by atoms with Gasteiger partial charge in [0, 0.05) is 11.5 Å². The van der Waals surface area contributed by atoms with Crippen molar-refractivity contribution in [2.45, 2.75) is 24.1 Å². The van der Waals surface area contributed by atoms with Crippen molar-refractivity contribution in [3.05, 3.63) is 53.3 Å². The first-order chi connectivity index (χ1) is 10.4. The molecule has 1 aromatic carbocycles. The van der Waals surface area contributed by atoms with Gasteiger partial charge in [0.05, 0.1) is 22.8 Å². The highest BCUT2D eigenvalue weighted by Gasteiger charge is 2.24. The van der Waals surface area contributed by atoms with Crippen molar-refractivity contribution < 1.29 is 17.9 Å². The molecular formula is C15H16BrNO4S. The number of hydrogen-bond donors (Lipinski definition) is 0. The van der Waals surface area contributed by atoms with Crippen molar-refractivity contribution in [2.24, 2.45) is 0 Å². The SMILES string of the molecule is CCOC(=O)c1ccn(S(=O)(=O)c2ccc(C)cc2)c1CBr. The predicted molar refractivity (Wildman–Crippen MR) is 86.8 cm³/mol. The number of benzene rings is 1. The summed E-state index contributed by atoms with van der Waals surface area (Å²) in [6.07, 6.45) is 1.37. The van der Waals surface area contributed by atoms with Gasteiger partial charge in [0.1, 0.15) is 0 Å². The van der Waals surface area contributed by atoms with Crippen LogP contribution in [-0.2, 0) is 20.1 Å². The summed E-state index contributed by atoms with van der Waals surface area (Å²) in [6, 6.07) is 8.02. The van der Waals surface area contributed by atoms with Crippen molar-refractivity contribution in [1.29, 1.82) is 0 Å². The van der Waals surface area contributed by atoms with Crippen molar-refractivity contribution in [2.75, 3.05) is 6.61 Å². The highest BCUT2D eigenvalue weighted by atomic mass is 79.9. The summed E-state index contributed by atoms with van der Waals surface area (Å²) in [5, 5.41) is 0.221. The average molecular weight is 386 g/mol. The van der Waals surface area contributed by atoms with Crippen LogP contribution in [0.15, 0.2) is 41.4 Å². The Labute approximate surface area is 138 Å². The minimum atomic E-state index is -3.75. The average Bonchev–Trinajstić information content (AvgIpc) is 2.92. The van der Waals surface area contributed by atoms with Gasteiger partial charge in [0.15, 0.2) is 0 Å². The second kappa shape index (κ2) is 6.66. The van der Waals surface area contributed by atoms with Crippen LogP contribution in [0.5, 0.6) is 0 Å². The number of carbonyl (C=O) groups is 1. The van der Waals surface area contributed by atoms with Crippen LogP contribution in [0.2, 0.25) is 0 Å². The van der Waals surface area contributed by atoms with Crippen LogP contribution in [0.4, 0.5) is 0 Å². The third kappa shape index (κ3) is 3.10. The molecule has 22 heavy (non-hydrogen) atoms. The lowest BCUT2D eigenvalue weighted by Gasteiger charge is -2.10. The van der Waals surface area contributed by atoms with Gasteiger partial charge in [0.25, 0.3) is 10.0 Å². The molecule has 7 heteroatoms. The van der Waals surface area contributed by atoms with Gasteiger partial charge < -0.3 is 4.74 Å². The highest BCUT2D eigenvalue weighted by Crippen LogP contribution is 2.22. The number of nitrogens with zero attached hydrogens (tertiary/aromatic N) is 1. The number of aryl methyl sites for hydroxylation is 1. The van der Waals surface area contributed by atoms with Crippen molar-refractivity contribution in [3.8, 4) is 0 Å². The molecule has 0 fully saturated rings. The lowest BCUT2D eigenvalue weighted by molar-refractivity contribution is 0.0525. The first-order valence-electron chi connectivity index (χ1n) is 6.67. The number of hydrogen-bond acceptors (Lipinski definition) is 4. The Hall–Kier alpha value is -1.60. The molecule has 1 aromatic heterocycles. The summed E-state index contributed by atoms with van der Waals surface area (Å²) in [6.45, 7) is 3.82. The van der Waals surface area contributed by atoms with Crippen molar-refractivity contribution in [1.82, 2.24) is 3.97 Å². The molecule has 5 nitrogen and oxygen atoms in total. The van der Waals surface area contributed by atoms with Gasteiger partial charge >= 0.3 is 5.97 Å². The Morgan fingerprint density at radius 1 is 1.23 bits per heavy atom. The van der Waals surface area contributed by atoms with Crippen molar-refractivity contribution in [3.63, 3.8) is 0 Å². The minimum absolute atomic E-state index is 0.173. The molecule has 0 aliphatic carbocycles. The minimum Gasteiger partial charge on any atom is -0.462 e. The molecule has 0 saturated carbocycles. The number of esters is 1. The molecule has 0 bridgehead atoms. The maximum Gasteiger partial charge on any atom is 0.340 e. The van der Waals surface area contributed by atoms with E-state index in [0.717, 1.165) is 9.54 Å². The Balaban J connectivity index is 2.52. The fraction of sp³-hybridized carbons (Fsp3) is 0.267. The highest BCUT2D eigenvalue weighted by molar-refractivity contribution is 9.08. The molecule has 0 saturated heterocycles. The maximum absolute atomic E-state index is 12.7. The fourth-order valence-corrected chi connectivity index (χ4v) is 4.14. The summed E-state index contributed by atoms with van der Waals surface area (Å²) in [4.78, 5) is 12.1. The molecule has 2 aromatic rings. The second-order valence-corrected chi connectivity index (χ2v) is 7.02. The zero-order valence-corrected chi connectivity index (χ0v) is 14.6. The Bertz CT molecular complexity index is 778. The molecule has 2 rings (SSSR count). The number of aromatic nitrogens is 1. The number of alkyl halides is 1. The van der Waals surface area contributed by atoms with E-state index >= 15 is 0 Å². The van der Waals surface area contributed by atoms with E-state index in [1.807, 2.05) is 6.92 Å². The topological polar surface area (TPSA) is 65.4 Å². The number of rotatable bonds is 5. The second-order valence-electron chi connectivity index (χ2n) is 4.64. The standard InChI is InChI=1S/C15H16BrNO4S/c1-3-21-15(18)13-8-9-17(14(13)10-16)22(19,20)12-6-4-11(2)5-7-12/h4-9H,3,10H2,1-2H3. The quantitative estimate of drug-likeness (QED) is 0.585. The Kier molecular flexibility index (Phi) is 5.08. The third-order valence-corrected chi connectivity index (χ3v) is 5.41. The lowest BCUT2D eigenvalue weighted by Crippen LogP contribution is -2.16. The fourth-order valence-electron chi connectivity index (χ4n) is 2.02.